The molecule has 0 aliphatic carbocycles. The number of thiophene rings is 1. The quantitative estimate of drug-likeness (QED) is 0.862. The third kappa shape index (κ3) is 3.19. The molecule has 0 atom stereocenters. The van der Waals surface area contributed by atoms with Gasteiger partial charge in [0.15, 0.2) is 0 Å². The van der Waals surface area contributed by atoms with Gasteiger partial charge in [0, 0.05) is 23.2 Å². The predicted molar refractivity (Wildman–Crippen MR) is 88.9 cm³/mol. The average Bonchev–Trinajstić information content (AvgIpc) is 2.82. The van der Waals surface area contributed by atoms with Crippen molar-refractivity contribution < 1.29 is 9.90 Å². The van der Waals surface area contributed by atoms with Crippen molar-refractivity contribution in [2.24, 2.45) is 0 Å². The number of unbranched alkanes of at least 4 members (excludes halogenated alkanes) is 1. The molecule has 0 saturated heterocycles. The highest BCUT2D eigenvalue weighted by atomic mass is 32.1. The number of aliphatic hydroxyl groups excluding tert-OH is 1. The third-order valence-electron chi connectivity index (χ3n) is 3.58. The molecule has 21 heavy (non-hydrogen) atoms. The molecule has 0 fully saturated rings. The lowest BCUT2D eigenvalue weighted by molar-refractivity contribution is 0.0725. The standard InChI is InChI=1S/C16H22N2O2S/c1-3-4-8-18(9-10-19)16(20)15-13(17)12-7-5-6-11(2)14(12)21-15/h5-7,19H,3-4,8-10,17H2,1-2H3. The van der Waals surface area contributed by atoms with E-state index in [9.17, 15) is 4.79 Å². The van der Waals surface area contributed by atoms with Gasteiger partial charge in [-0.15, -0.1) is 11.3 Å². The number of amides is 1. The molecule has 2 rings (SSSR count). The minimum Gasteiger partial charge on any atom is -0.397 e. The maximum absolute atomic E-state index is 12.7. The molecular weight excluding hydrogens is 284 g/mol. The summed E-state index contributed by atoms with van der Waals surface area (Å²) in [6, 6.07) is 5.93. The molecule has 0 unspecified atom stereocenters. The first-order valence-electron chi connectivity index (χ1n) is 7.27. The van der Waals surface area contributed by atoms with E-state index in [1.807, 2.05) is 25.1 Å². The maximum atomic E-state index is 12.7. The van der Waals surface area contributed by atoms with Crippen LogP contribution in [0.25, 0.3) is 10.1 Å². The van der Waals surface area contributed by atoms with Gasteiger partial charge >= 0.3 is 0 Å². The lowest BCUT2D eigenvalue weighted by Crippen LogP contribution is -2.34. The molecule has 0 saturated carbocycles. The number of nitrogens with zero attached hydrogens (tertiary/aromatic N) is 1. The van der Waals surface area contributed by atoms with Crippen molar-refractivity contribution >= 4 is 33.0 Å². The van der Waals surface area contributed by atoms with Gasteiger partial charge in [-0.05, 0) is 18.9 Å². The molecule has 0 radical (unpaired) electrons. The lowest BCUT2D eigenvalue weighted by atomic mass is 10.1. The number of aryl methyl sites for hydroxylation is 1. The van der Waals surface area contributed by atoms with Crippen LogP contribution < -0.4 is 5.73 Å². The van der Waals surface area contributed by atoms with Gasteiger partial charge in [-0.25, -0.2) is 0 Å². The van der Waals surface area contributed by atoms with Crippen molar-refractivity contribution in [1.29, 1.82) is 0 Å². The van der Waals surface area contributed by atoms with Crippen molar-refractivity contribution in [3.63, 3.8) is 0 Å². The summed E-state index contributed by atoms with van der Waals surface area (Å²) in [5, 5.41) is 10.1. The molecule has 0 aliphatic heterocycles. The Labute approximate surface area is 129 Å². The van der Waals surface area contributed by atoms with Gasteiger partial charge in [0.25, 0.3) is 5.91 Å². The summed E-state index contributed by atoms with van der Waals surface area (Å²) in [7, 11) is 0. The highest BCUT2D eigenvalue weighted by Gasteiger charge is 2.22. The number of hydrogen-bond donors (Lipinski definition) is 2. The molecule has 4 nitrogen and oxygen atoms in total. The average molecular weight is 306 g/mol. The van der Waals surface area contributed by atoms with Crippen LogP contribution in [0.5, 0.6) is 0 Å². The number of aliphatic hydroxyl groups is 1. The number of hydrogen-bond acceptors (Lipinski definition) is 4. The van der Waals surface area contributed by atoms with Crippen LogP contribution in [0.1, 0.15) is 35.0 Å². The Morgan fingerprint density at radius 3 is 2.76 bits per heavy atom. The van der Waals surface area contributed by atoms with E-state index in [2.05, 4.69) is 6.92 Å². The van der Waals surface area contributed by atoms with Crippen molar-refractivity contribution in [3.8, 4) is 0 Å². The fourth-order valence-electron chi connectivity index (χ4n) is 2.37. The van der Waals surface area contributed by atoms with E-state index in [0.29, 0.717) is 23.7 Å². The Kier molecular flexibility index (Phi) is 5.20. The van der Waals surface area contributed by atoms with E-state index in [0.717, 1.165) is 28.5 Å². The summed E-state index contributed by atoms with van der Waals surface area (Å²) in [4.78, 5) is 15.0. The number of nitrogen functional groups attached to an aromatic ring is 1. The molecule has 1 aromatic heterocycles. The summed E-state index contributed by atoms with van der Waals surface area (Å²) >= 11 is 1.45. The molecule has 0 aliphatic rings. The Balaban J connectivity index is 2.37. The fourth-order valence-corrected chi connectivity index (χ4v) is 3.52. The highest BCUT2D eigenvalue weighted by molar-refractivity contribution is 7.21. The topological polar surface area (TPSA) is 66.6 Å². The maximum Gasteiger partial charge on any atom is 0.266 e. The number of carbonyl (C=O) groups is 1. The minimum atomic E-state index is -0.0735. The van der Waals surface area contributed by atoms with Crippen LogP contribution in [-0.2, 0) is 0 Å². The SMILES string of the molecule is CCCCN(CCO)C(=O)c1sc2c(C)cccc2c1N. The summed E-state index contributed by atoms with van der Waals surface area (Å²) in [5.41, 5.74) is 7.86. The second kappa shape index (κ2) is 6.91. The highest BCUT2D eigenvalue weighted by Crippen LogP contribution is 2.36. The zero-order valence-electron chi connectivity index (χ0n) is 12.6. The Morgan fingerprint density at radius 1 is 1.38 bits per heavy atom. The van der Waals surface area contributed by atoms with E-state index in [4.69, 9.17) is 10.8 Å². The second-order valence-corrected chi connectivity index (χ2v) is 6.19. The van der Waals surface area contributed by atoms with E-state index in [1.165, 1.54) is 11.3 Å². The van der Waals surface area contributed by atoms with Crippen LogP contribution in [-0.4, -0.2) is 35.6 Å². The molecule has 114 valence electrons. The van der Waals surface area contributed by atoms with Gasteiger partial charge in [0.1, 0.15) is 4.88 Å². The van der Waals surface area contributed by atoms with E-state index in [-0.39, 0.29) is 12.5 Å². The van der Waals surface area contributed by atoms with Crippen LogP contribution in [0.2, 0.25) is 0 Å². The van der Waals surface area contributed by atoms with Crippen LogP contribution in [0.3, 0.4) is 0 Å². The third-order valence-corrected chi connectivity index (χ3v) is 4.93. The van der Waals surface area contributed by atoms with Crippen LogP contribution in [0, 0.1) is 6.92 Å². The summed E-state index contributed by atoms with van der Waals surface area (Å²) in [6.45, 7) is 5.08. The second-order valence-electron chi connectivity index (χ2n) is 5.17. The molecular formula is C16H22N2O2S. The van der Waals surface area contributed by atoms with Gasteiger partial charge in [0.2, 0.25) is 0 Å². The molecule has 5 heteroatoms. The van der Waals surface area contributed by atoms with Crippen LogP contribution in [0.4, 0.5) is 5.69 Å². The molecule has 0 spiro atoms. The van der Waals surface area contributed by atoms with E-state index < -0.39 is 0 Å². The summed E-state index contributed by atoms with van der Waals surface area (Å²) in [5.74, 6) is -0.0735. The van der Waals surface area contributed by atoms with E-state index in [1.54, 1.807) is 4.90 Å². The Morgan fingerprint density at radius 2 is 2.14 bits per heavy atom. The predicted octanol–water partition coefficient (Wildman–Crippen LogP) is 3.03. The monoisotopic (exact) mass is 306 g/mol. The first-order valence-corrected chi connectivity index (χ1v) is 8.09. The van der Waals surface area contributed by atoms with Crippen molar-refractivity contribution in [3.05, 3.63) is 28.6 Å². The molecule has 0 bridgehead atoms. The Bertz CT molecular complexity index is 636. The lowest BCUT2D eigenvalue weighted by Gasteiger charge is -2.21. The number of rotatable bonds is 6. The number of fused-ring (bicyclic) bond motifs is 1. The van der Waals surface area contributed by atoms with Gasteiger partial charge in [0.05, 0.1) is 12.3 Å². The first kappa shape index (κ1) is 15.8. The smallest absolute Gasteiger partial charge is 0.266 e. The van der Waals surface area contributed by atoms with Gasteiger partial charge in [-0.2, -0.15) is 0 Å². The van der Waals surface area contributed by atoms with Gasteiger partial charge < -0.3 is 15.7 Å². The van der Waals surface area contributed by atoms with Gasteiger partial charge in [-0.1, -0.05) is 31.5 Å². The number of benzene rings is 1. The molecule has 1 aromatic carbocycles. The molecule has 1 heterocycles. The zero-order valence-corrected chi connectivity index (χ0v) is 13.4. The van der Waals surface area contributed by atoms with Crippen LogP contribution >= 0.6 is 11.3 Å². The number of anilines is 1. The van der Waals surface area contributed by atoms with Gasteiger partial charge in [-0.3, -0.25) is 4.79 Å². The van der Waals surface area contributed by atoms with Crippen molar-refractivity contribution in [2.75, 3.05) is 25.4 Å². The molecule has 3 N–H and O–H groups in total. The van der Waals surface area contributed by atoms with Crippen molar-refractivity contribution in [1.82, 2.24) is 4.90 Å². The minimum absolute atomic E-state index is 0.0285. The number of nitrogens with two attached hydrogens (primary N) is 1. The Hall–Kier alpha value is -1.59. The molecule has 1 amide bonds. The summed E-state index contributed by atoms with van der Waals surface area (Å²) < 4.78 is 1.07. The fraction of sp³-hybridized carbons (Fsp3) is 0.438. The number of carbonyl (C=O) groups excluding carboxylic acids is 1. The molecule has 2 aromatic rings. The normalized spacial score (nSPS) is 11.0. The first-order chi connectivity index (χ1) is 10.1. The van der Waals surface area contributed by atoms with Crippen LogP contribution in [0.15, 0.2) is 18.2 Å². The zero-order chi connectivity index (χ0) is 15.4. The van der Waals surface area contributed by atoms with Crippen molar-refractivity contribution in [2.45, 2.75) is 26.7 Å². The summed E-state index contributed by atoms with van der Waals surface area (Å²) in [6.07, 6.45) is 1.94. The van der Waals surface area contributed by atoms with E-state index >= 15 is 0 Å². The largest absolute Gasteiger partial charge is 0.397 e.